The lowest BCUT2D eigenvalue weighted by molar-refractivity contribution is -0.137. The van der Waals surface area contributed by atoms with Crippen LogP contribution in [0.1, 0.15) is 62.4 Å². The summed E-state index contributed by atoms with van der Waals surface area (Å²) >= 11 is 12.8. The molecule has 1 radical (unpaired) electrons. The minimum Gasteiger partial charge on any atom is -0.542 e. The molecule has 2 fully saturated rings. The Hall–Kier alpha value is -1.69. The third-order valence-electron chi connectivity index (χ3n) is 8.41. The maximum Gasteiger partial charge on any atom is 0.416 e. The molecule has 2 aromatic rings. The molecule has 0 bridgehead atoms. The molecule has 249 valence electrons. The van der Waals surface area contributed by atoms with Gasteiger partial charge in [0.15, 0.2) is 0 Å². The van der Waals surface area contributed by atoms with Gasteiger partial charge in [0.2, 0.25) is 0 Å². The van der Waals surface area contributed by atoms with Gasteiger partial charge < -0.3 is 14.1 Å². The van der Waals surface area contributed by atoms with Gasteiger partial charge >= 0.3 is 6.18 Å². The first kappa shape index (κ1) is 36.1. The Kier molecular flexibility index (Phi) is 11.7. The first-order valence-electron chi connectivity index (χ1n) is 15.8. The number of ether oxygens (including phenoxy) is 1. The predicted molar refractivity (Wildman–Crippen MR) is 183 cm³/mol. The highest BCUT2D eigenvalue weighted by molar-refractivity contribution is 7.80. The van der Waals surface area contributed by atoms with Crippen molar-refractivity contribution in [1.29, 1.82) is 0 Å². The number of nitrogens with zero attached hydrogens (tertiary/aromatic N) is 3. The Balaban J connectivity index is 1.67. The molecular weight excluding hydrogens is 635 g/mol. The van der Waals surface area contributed by atoms with Crippen LogP contribution in [0.2, 0.25) is 18.1 Å². The van der Waals surface area contributed by atoms with Crippen LogP contribution in [-0.4, -0.2) is 92.8 Å². The van der Waals surface area contributed by atoms with Gasteiger partial charge in [-0.25, -0.2) is 0 Å². The molecule has 0 saturated carbocycles. The quantitative estimate of drug-likeness (QED) is 0.210. The standard InChI is InChI=1S/C34H48ClF3N3O2SSi/c1-22-15-26(17-27(16-22)34(36,37)38)32(44)41-14-13-39(11-12-40-19-23(2)42-24(3)20-40)21-28(41)18-25-9-10-29(35)30(33(4,5)6)31(25)43-45(7)8/h9-10,15-17,23-24,28H,11-14,18-21H2,1-8H3/t23-,24+,28-/m1/s1. The zero-order chi connectivity index (χ0) is 33.3. The van der Waals surface area contributed by atoms with Gasteiger partial charge in [0.1, 0.15) is 10.7 Å². The van der Waals surface area contributed by atoms with E-state index in [1.165, 1.54) is 12.1 Å². The number of piperazine rings is 1. The summed E-state index contributed by atoms with van der Waals surface area (Å²) in [5.41, 5.74) is 2.09. The van der Waals surface area contributed by atoms with E-state index in [2.05, 4.69) is 62.4 Å². The van der Waals surface area contributed by atoms with Crippen LogP contribution >= 0.6 is 23.8 Å². The second-order valence-corrected chi connectivity index (χ2v) is 16.7. The average Bonchev–Trinajstić information content (AvgIpc) is 2.91. The van der Waals surface area contributed by atoms with Crippen LogP contribution in [0, 0.1) is 6.92 Å². The second-order valence-electron chi connectivity index (χ2n) is 13.9. The molecule has 2 aromatic carbocycles. The Morgan fingerprint density at radius 2 is 1.64 bits per heavy atom. The van der Waals surface area contributed by atoms with Crippen molar-refractivity contribution in [2.24, 2.45) is 0 Å². The fraction of sp³-hybridized carbons (Fsp3) is 0.618. The maximum atomic E-state index is 13.8. The Morgan fingerprint density at radius 1 is 1.00 bits per heavy atom. The Morgan fingerprint density at radius 3 is 2.24 bits per heavy atom. The molecule has 11 heteroatoms. The summed E-state index contributed by atoms with van der Waals surface area (Å²) in [6.07, 6.45) is -3.40. The Bertz CT molecular complexity index is 1340. The minimum absolute atomic E-state index is 0.0654. The summed E-state index contributed by atoms with van der Waals surface area (Å²) < 4.78 is 53.8. The third kappa shape index (κ3) is 9.44. The number of morpholine rings is 1. The molecule has 2 saturated heterocycles. The van der Waals surface area contributed by atoms with Crippen LogP contribution in [0.5, 0.6) is 5.75 Å². The number of aryl methyl sites for hydroxylation is 1. The largest absolute Gasteiger partial charge is 0.542 e. The highest BCUT2D eigenvalue weighted by Crippen LogP contribution is 2.41. The fourth-order valence-corrected chi connectivity index (χ4v) is 8.02. The lowest BCUT2D eigenvalue weighted by Crippen LogP contribution is -2.57. The van der Waals surface area contributed by atoms with Crippen LogP contribution in [0.25, 0.3) is 0 Å². The molecule has 4 rings (SSSR count). The number of hydrogen-bond donors (Lipinski definition) is 0. The van der Waals surface area contributed by atoms with Crippen molar-refractivity contribution in [2.45, 2.75) is 90.9 Å². The lowest BCUT2D eigenvalue weighted by atomic mass is 9.84. The predicted octanol–water partition coefficient (Wildman–Crippen LogP) is 7.61. The van der Waals surface area contributed by atoms with Crippen molar-refractivity contribution >= 4 is 37.8 Å². The summed E-state index contributed by atoms with van der Waals surface area (Å²) in [5.74, 6) is 0.836. The second kappa shape index (κ2) is 14.6. The molecule has 0 spiro atoms. The summed E-state index contributed by atoms with van der Waals surface area (Å²) in [6.45, 7) is 22.3. The number of alkyl halides is 3. The highest BCUT2D eigenvalue weighted by atomic mass is 35.5. The Labute approximate surface area is 279 Å². The lowest BCUT2D eigenvalue weighted by Gasteiger charge is -2.44. The van der Waals surface area contributed by atoms with Crippen molar-refractivity contribution < 1.29 is 22.3 Å². The first-order valence-corrected chi connectivity index (χ1v) is 19.0. The number of rotatable bonds is 8. The number of hydrogen-bond acceptors (Lipinski definition) is 5. The highest BCUT2D eigenvalue weighted by Gasteiger charge is 2.35. The number of halogens is 4. The summed E-state index contributed by atoms with van der Waals surface area (Å²) in [5, 5.41) is 0.676. The van der Waals surface area contributed by atoms with E-state index in [1.807, 2.05) is 12.1 Å². The van der Waals surface area contributed by atoms with E-state index in [1.54, 1.807) is 13.0 Å². The third-order valence-corrected chi connectivity index (χ3v) is 9.80. The van der Waals surface area contributed by atoms with Crippen LogP contribution in [0.3, 0.4) is 0 Å². The molecule has 0 amide bonds. The molecule has 2 heterocycles. The monoisotopic (exact) mass is 682 g/mol. The number of benzene rings is 2. The summed E-state index contributed by atoms with van der Waals surface area (Å²) in [7, 11) is -1.11. The van der Waals surface area contributed by atoms with E-state index in [-0.39, 0.29) is 23.7 Å². The van der Waals surface area contributed by atoms with Crippen molar-refractivity contribution in [3.8, 4) is 5.75 Å². The SMILES string of the molecule is Cc1cc(C(=S)N2CCN(CCN3C[C@@H](C)O[C@@H](C)C3)C[C@H]2Cc2ccc(Cl)c(C(C)(C)C)c2O[Si](C)C)cc(C(F)(F)F)c1. The topological polar surface area (TPSA) is 28.2 Å². The van der Waals surface area contributed by atoms with Crippen LogP contribution in [-0.2, 0) is 22.7 Å². The van der Waals surface area contributed by atoms with Crippen LogP contribution < -0.4 is 4.43 Å². The smallest absolute Gasteiger partial charge is 0.416 e. The fourth-order valence-electron chi connectivity index (χ4n) is 6.59. The van der Waals surface area contributed by atoms with Gasteiger partial charge in [0.25, 0.3) is 9.04 Å². The molecule has 3 atom stereocenters. The molecule has 2 aliphatic rings. The normalized spacial score (nSPS) is 22.2. The van der Waals surface area contributed by atoms with Gasteiger partial charge in [-0.3, -0.25) is 9.80 Å². The van der Waals surface area contributed by atoms with Crippen LogP contribution in [0.4, 0.5) is 13.2 Å². The van der Waals surface area contributed by atoms with E-state index in [0.717, 1.165) is 56.1 Å². The summed E-state index contributed by atoms with van der Waals surface area (Å²) in [4.78, 5) is 7.51. The van der Waals surface area contributed by atoms with Gasteiger partial charge in [-0.05, 0) is 81.1 Å². The van der Waals surface area contributed by atoms with Gasteiger partial charge in [-0.1, -0.05) is 50.7 Å². The molecule has 5 nitrogen and oxygen atoms in total. The van der Waals surface area contributed by atoms with Crippen molar-refractivity contribution in [3.63, 3.8) is 0 Å². The zero-order valence-electron chi connectivity index (χ0n) is 27.9. The van der Waals surface area contributed by atoms with Gasteiger partial charge in [0.05, 0.1) is 17.8 Å². The first-order chi connectivity index (χ1) is 20.9. The minimum atomic E-state index is -4.44. The van der Waals surface area contributed by atoms with Gasteiger partial charge in [0, 0.05) is 68.0 Å². The average molecular weight is 683 g/mol. The van der Waals surface area contributed by atoms with Crippen molar-refractivity contribution in [1.82, 2.24) is 14.7 Å². The molecule has 45 heavy (non-hydrogen) atoms. The molecular formula is C34H48ClF3N3O2SSi. The van der Waals surface area contributed by atoms with E-state index in [4.69, 9.17) is 33.0 Å². The molecule has 0 N–H and O–H groups in total. The maximum absolute atomic E-state index is 13.8. The molecule has 0 aliphatic carbocycles. The zero-order valence-corrected chi connectivity index (χ0v) is 30.4. The van der Waals surface area contributed by atoms with E-state index in [0.29, 0.717) is 34.1 Å². The van der Waals surface area contributed by atoms with Gasteiger partial charge in [-0.2, -0.15) is 13.2 Å². The van der Waals surface area contributed by atoms with E-state index in [9.17, 15) is 13.2 Å². The number of thiocarbonyl (C=S) groups is 1. The van der Waals surface area contributed by atoms with Gasteiger partial charge in [-0.15, -0.1) is 0 Å². The van der Waals surface area contributed by atoms with E-state index >= 15 is 0 Å². The molecule has 0 aromatic heterocycles. The van der Waals surface area contributed by atoms with Crippen LogP contribution in [0.15, 0.2) is 30.3 Å². The van der Waals surface area contributed by atoms with E-state index < -0.39 is 20.8 Å². The van der Waals surface area contributed by atoms with Crippen molar-refractivity contribution in [3.05, 3.63) is 63.2 Å². The molecule has 2 aliphatic heterocycles. The summed E-state index contributed by atoms with van der Waals surface area (Å²) in [6, 6.07) is 8.06. The van der Waals surface area contributed by atoms with Crippen molar-refractivity contribution in [2.75, 3.05) is 45.8 Å². The molecule has 0 unspecified atom stereocenters.